The van der Waals surface area contributed by atoms with Crippen LogP contribution in [0.1, 0.15) is 47.0 Å². The zero-order valence-corrected chi connectivity index (χ0v) is 13.1. The number of anilines is 2. The topological polar surface area (TPSA) is 63.2 Å². The molecule has 6 nitrogen and oxygen atoms in total. The highest BCUT2D eigenvalue weighted by Crippen LogP contribution is 2.16. The number of hydrogen-bond acceptors (Lipinski definition) is 6. The molecule has 1 rings (SSSR count). The maximum Gasteiger partial charge on any atom is 0.323 e. The molecule has 6 heteroatoms. The Hall–Kier alpha value is -1.59. The molecule has 0 aliphatic heterocycles. The zero-order valence-electron chi connectivity index (χ0n) is 13.1. The Kier molecular flexibility index (Phi) is 7.69. The normalized spacial score (nSPS) is 10.4. The zero-order chi connectivity index (χ0) is 14.8. The van der Waals surface area contributed by atoms with Gasteiger partial charge in [0.25, 0.3) is 0 Å². The van der Waals surface area contributed by atoms with Crippen LogP contribution in [0, 0.1) is 0 Å². The minimum Gasteiger partial charge on any atom is -0.463 e. The van der Waals surface area contributed by atoms with Crippen molar-refractivity contribution in [2.24, 2.45) is 0 Å². The van der Waals surface area contributed by atoms with Crippen LogP contribution in [-0.2, 0) is 0 Å². The summed E-state index contributed by atoms with van der Waals surface area (Å²) in [4.78, 5) is 15.4. The average Bonchev–Trinajstić information content (AvgIpc) is 2.45. The van der Waals surface area contributed by atoms with E-state index >= 15 is 0 Å². The van der Waals surface area contributed by atoms with Gasteiger partial charge in [-0.25, -0.2) is 0 Å². The quantitative estimate of drug-likeness (QED) is 0.711. The van der Waals surface area contributed by atoms with Crippen molar-refractivity contribution in [2.45, 2.75) is 47.0 Å². The minimum atomic E-state index is 0.407. The fraction of sp³-hybridized carbons (Fsp3) is 0.786. The summed E-state index contributed by atoms with van der Waals surface area (Å²) in [6, 6.07) is 0.407. The van der Waals surface area contributed by atoms with Crippen LogP contribution in [0.25, 0.3) is 0 Å². The largest absolute Gasteiger partial charge is 0.463 e. The summed E-state index contributed by atoms with van der Waals surface area (Å²) in [7, 11) is 0. The molecule has 0 atom stereocenters. The van der Waals surface area contributed by atoms with Crippen molar-refractivity contribution in [1.82, 2.24) is 15.0 Å². The van der Waals surface area contributed by atoms with Gasteiger partial charge in [-0.3, -0.25) is 0 Å². The van der Waals surface area contributed by atoms with Crippen molar-refractivity contribution in [1.29, 1.82) is 0 Å². The fourth-order valence-electron chi connectivity index (χ4n) is 1.83. The lowest BCUT2D eigenvalue weighted by Gasteiger charge is -2.22. The second kappa shape index (κ2) is 9.34. The Morgan fingerprint density at radius 1 is 0.950 bits per heavy atom. The van der Waals surface area contributed by atoms with Crippen molar-refractivity contribution in [3.8, 4) is 6.01 Å². The first-order chi connectivity index (χ1) is 9.74. The van der Waals surface area contributed by atoms with Gasteiger partial charge in [0.2, 0.25) is 11.9 Å². The molecule has 1 heterocycles. The van der Waals surface area contributed by atoms with E-state index < -0.39 is 0 Å². The third kappa shape index (κ3) is 5.19. The second-order valence-electron chi connectivity index (χ2n) is 4.61. The molecule has 0 radical (unpaired) electrons. The molecule has 0 saturated heterocycles. The van der Waals surface area contributed by atoms with Crippen LogP contribution in [0.2, 0.25) is 0 Å². The molecule has 0 aliphatic rings. The van der Waals surface area contributed by atoms with E-state index in [1.54, 1.807) is 0 Å². The van der Waals surface area contributed by atoms with Crippen LogP contribution in [0.15, 0.2) is 0 Å². The molecule has 1 aromatic heterocycles. The van der Waals surface area contributed by atoms with E-state index in [0.717, 1.165) is 38.9 Å². The first-order valence-corrected chi connectivity index (χ1v) is 7.62. The van der Waals surface area contributed by atoms with Gasteiger partial charge >= 0.3 is 6.01 Å². The Morgan fingerprint density at radius 2 is 1.65 bits per heavy atom. The first-order valence-electron chi connectivity index (χ1n) is 7.62. The lowest BCUT2D eigenvalue weighted by molar-refractivity contribution is 0.291. The van der Waals surface area contributed by atoms with Gasteiger partial charge in [0.1, 0.15) is 0 Å². The molecule has 0 aliphatic carbocycles. The number of nitrogens with zero attached hydrogens (tertiary/aromatic N) is 4. The summed E-state index contributed by atoms with van der Waals surface area (Å²) >= 11 is 0. The molecule has 0 fully saturated rings. The lowest BCUT2D eigenvalue weighted by atomic mass is 10.4. The van der Waals surface area contributed by atoms with E-state index in [0.29, 0.717) is 24.5 Å². The highest BCUT2D eigenvalue weighted by Gasteiger charge is 2.13. The maximum absolute atomic E-state index is 5.56. The van der Waals surface area contributed by atoms with E-state index in [2.05, 4.69) is 45.9 Å². The summed E-state index contributed by atoms with van der Waals surface area (Å²) < 4.78 is 5.56. The molecule has 0 aromatic carbocycles. The van der Waals surface area contributed by atoms with Gasteiger partial charge in [-0.2, -0.15) is 15.0 Å². The first kappa shape index (κ1) is 16.5. The smallest absolute Gasteiger partial charge is 0.323 e. The standard InChI is InChI=1S/C14H27N5O/c1-5-9-19(10-6-2)13-16-12(15-8-4)17-14(18-13)20-11-7-3/h5-11H2,1-4H3,(H,15,16,17,18). The molecule has 0 amide bonds. The van der Waals surface area contributed by atoms with Crippen molar-refractivity contribution in [3.05, 3.63) is 0 Å². The molecule has 0 unspecified atom stereocenters. The van der Waals surface area contributed by atoms with Crippen LogP contribution in [0.4, 0.5) is 11.9 Å². The van der Waals surface area contributed by atoms with Crippen LogP contribution in [-0.4, -0.2) is 41.2 Å². The third-order valence-corrected chi connectivity index (χ3v) is 2.64. The molecule has 1 N–H and O–H groups in total. The summed E-state index contributed by atoms with van der Waals surface area (Å²) in [6.45, 7) is 11.7. The molecule has 0 spiro atoms. The summed E-state index contributed by atoms with van der Waals surface area (Å²) in [5.74, 6) is 1.28. The molecule has 1 aromatic rings. The molecular weight excluding hydrogens is 254 g/mol. The number of ether oxygens (including phenoxy) is 1. The van der Waals surface area contributed by atoms with Crippen molar-refractivity contribution in [2.75, 3.05) is 36.5 Å². The predicted molar refractivity (Wildman–Crippen MR) is 82.6 cm³/mol. The summed E-state index contributed by atoms with van der Waals surface area (Å²) in [6.07, 6.45) is 3.06. The van der Waals surface area contributed by atoms with Gasteiger partial charge in [-0.15, -0.1) is 0 Å². The van der Waals surface area contributed by atoms with Crippen LogP contribution >= 0.6 is 0 Å². The SMILES string of the molecule is CCCOc1nc(NCC)nc(N(CCC)CCC)n1. The number of hydrogen-bond donors (Lipinski definition) is 1. The third-order valence-electron chi connectivity index (χ3n) is 2.64. The monoisotopic (exact) mass is 281 g/mol. The van der Waals surface area contributed by atoms with Crippen molar-refractivity contribution in [3.63, 3.8) is 0 Å². The lowest BCUT2D eigenvalue weighted by Crippen LogP contribution is -2.27. The minimum absolute atomic E-state index is 0.407. The Bertz CT molecular complexity index is 380. The summed E-state index contributed by atoms with van der Waals surface area (Å²) in [5, 5.41) is 3.13. The van der Waals surface area contributed by atoms with E-state index in [1.807, 2.05) is 6.92 Å². The van der Waals surface area contributed by atoms with E-state index in [9.17, 15) is 0 Å². The van der Waals surface area contributed by atoms with Gasteiger partial charge in [-0.1, -0.05) is 20.8 Å². The molecule has 20 heavy (non-hydrogen) atoms. The Balaban J connectivity index is 2.97. The van der Waals surface area contributed by atoms with Gasteiger partial charge in [0.05, 0.1) is 6.61 Å². The van der Waals surface area contributed by atoms with Gasteiger partial charge in [-0.05, 0) is 26.2 Å². The fourth-order valence-corrected chi connectivity index (χ4v) is 1.83. The van der Waals surface area contributed by atoms with Gasteiger partial charge < -0.3 is 15.0 Å². The number of nitrogens with one attached hydrogen (secondary N) is 1. The van der Waals surface area contributed by atoms with Crippen molar-refractivity contribution < 1.29 is 4.74 Å². The van der Waals surface area contributed by atoms with E-state index in [4.69, 9.17) is 4.74 Å². The molecule has 0 saturated carbocycles. The van der Waals surface area contributed by atoms with Gasteiger partial charge in [0.15, 0.2) is 0 Å². The second-order valence-corrected chi connectivity index (χ2v) is 4.61. The van der Waals surface area contributed by atoms with Crippen LogP contribution in [0.5, 0.6) is 6.01 Å². The molecular formula is C14H27N5O. The number of aromatic nitrogens is 3. The highest BCUT2D eigenvalue weighted by molar-refractivity contribution is 5.38. The van der Waals surface area contributed by atoms with Gasteiger partial charge in [0, 0.05) is 19.6 Å². The molecule has 0 bridgehead atoms. The van der Waals surface area contributed by atoms with Crippen LogP contribution < -0.4 is 15.0 Å². The number of rotatable bonds is 10. The van der Waals surface area contributed by atoms with Crippen LogP contribution in [0.3, 0.4) is 0 Å². The van der Waals surface area contributed by atoms with E-state index in [1.165, 1.54) is 0 Å². The van der Waals surface area contributed by atoms with Crippen molar-refractivity contribution >= 4 is 11.9 Å². The summed E-state index contributed by atoms with van der Waals surface area (Å²) in [5.41, 5.74) is 0. The predicted octanol–water partition coefficient (Wildman–Crippen LogP) is 2.72. The van der Waals surface area contributed by atoms with E-state index in [-0.39, 0.29) is 0 Å². The Labute approximate surface area is 122 Å². The highest BCUT2D eigenvalue weighted by atomic mass is 16.5. The average molecular weight is 281 g/mol. The maximum atomic E-state index is 5.56. The molecule has 114 valence electrons. The Morgan fingerprint density at radius 3 is 2.20 bits per heavy atom.